The van der Waals surface area contributed by atoms with E-state index in [1.54, 1.807) is 31.4 Å². The summed E-state index contributed by atoms with van der Waals surface area (Å²) >= 11 is 0. The van der Waals surface area contributed by atoms with E-state index in [0.29, 0.717) is 38.7 Å². The first-order valence-electron chi connectivity index (χ1n) is 9.01. The van der Waals surface area contributed by atoms with Crippen LogP contribution in [0.25, 0.3) is 0 Å². The second kappa shape index (κ2) is 11.8. The zero-order valence-electron chi connectivity index (χ0n) is 16.0. The molecule has 9 heteroatoms. The monoisotopic (exact) mass is 422 g/mol. The molecule has 0 aliphatic carbocycles. The van der Waals surface area contributed by atoms with Crippen molar-refractivity contribution in [1.82, 2.24) is 10.0 Å². The number of sulfonamides is 1. The summed E-state index contributed by atoms with van der Waals surface area (Å²) in [5, 5.41) is 3.30. The van der Waals surface area contributed by atoms with Gasteiger partial charge in [0.05, 0.1) is 18.1 Å². The predicted molar refractivity (Wildman–Crippen MR) is 107 cm³/mol. The fourth-order valence-electron chi connectivity index (χ4n) is 3.04. The molecule has 0 unspecified atom stereocenters. The molecule has 1 aromatic carbocycles. The standard InChI is InChI=1S/C18H30N2O5S.ClH/c1-3-24-12-13-25-16-4-6-17(7-5-16)26(21,22)20-14-18(15-23-2)8-10-19-11-9-18;/h4-7,19-20H,3,8-15H2,1-2H3;1H. The first-order valence-corrected chi connectivity index (χ1v) is 10.5. The van der Waals surface area contributed by atoms with Crippen LogP contribution in [-0.2, 0) is 19.5 Å². The summed E-state index contributed by atoms with van der Waals surface area (Å²) in [5.41, 5.74) is -0.157. The molecule has 7 nitrogen and oxygen atoms in total. The molecule has 2 rings (SSSR count). The van der Waals surface area contributed by atoms with Crippen molar-refractivity contribution >= 4 is 22.4 Å². The maximum atomic E-state index is 12.6. The minimum absolute atomic E-state index is 0. The third kappa shape index (κ3) is 7.56. The zero-order chi connectivity index (χ0) is 18.9. The van der Waals surface area contributed by atoms with Gasteiger partial charge in [0.1, 0.15) is 12.4 Å². The minimum Gasteiger partial charge on any atom is -0.491 e. The van der Waals surface area contributed by atoms with Gasteiger partial charge in [0.25, 0.3) is 0 Å². The molecule has 1 fully saturated rings. The fourth-order valence-corrected chi connectivity index (χ4v) is 4.20. The lowest BCUT2D eigenvalue weighted by molar-refractivity contribution is 0.0577. The van der Waals surface area contributed by atoms with Gasteiger partial charge in [-0.1, -0.05) is 0 Å². The Morgan fingerprint density at radius 2 is 1.81 bits per heavy atom. The number of nitrogens with one attached hydrogen (secondary N) is 2. The molecule has 0 spiro atoms. The smallest absolute Gasteiger partial charge is 0.240 e. The molecule has 1 aliphatic rings. The van der Waals surface area contributed by atoms with E-state index in [-0.39, 0.29) is 22.7 Å². The molecular formula is C18H31ClN2O5S. The van der Waals surface area contributed by atoms with Crippen molar-refractivity contribution in [1.29, 1.82) is 0 Å². The van der Waals surface area contributed by atoms with Gasteiger partial charge in [0.15, 0.2) is 0 Å². The van der Waals surface area contributed by atoms with Gasteiger partial charge in [-0.15, -0.1) is 12.4 Å². The third-order valence-electron chi connectivity index (χ3n) is 4.59. The molecule has 0 saturated carbocycles. The van der Waals surface area contributed by atoms with Crippen LogP contribution in [0.4, 0.5) is 0 Å². The van der Waals surface area contributed by atoms with Crippen molar-refractivity contribution in [2.75, 3.05) is 53.2 Å². The molecule has 156 valence electrons. The van der Waals surface area contributed by atoms with Crippen molar-refractivity contribution in [2.45, 2.75) is 24.7 Å². The summed E-state index contributed by atoms with van der Waals surface area (Å²) in [6.45, 7) is 6.18. The average molecular weight is 423 g/mol. The van der Waals surface area contributed by atoms with E-state index >= 15 is 0 Å². The minimum atomic E-state index is -3.57. The normalized spacial score (nSPS) is 16.5. The van der Waals surface area contributed by atoms with Gasteiger partial charge < -0.3 is 19.5 Å². The highest BCUT2D eigenvalue weighted by molar-refractivity contribution is 7.89. The van der Waals surface area contributed by atoms with Crippen molar-refractivity contribution in [3.63, 3.8) is 0 Å². The van der Waals surface area contributed by atoms with Gasteiger partial charge in [-0.25, -0.2) is 13.1 Å². The van der Waals surface area contributed by atoms with Crippen molar-refractivity contribution < 1.29 is 22.6 Å². The molecule has 0 atom stereocenters. The Hall–Kier alpha value is -0.900. The molecular weight excluding hydrogens is 392 g/mol. The average Bonchev–Trinajstić information content (AvgIpc) is 2.65. The van der Waals surface area contributed by atoms with Crippen LogP contribution in [0.1, 0.15) is 19.8 Å². The van der Waals surface area contributed by atoms with E-state index in [0.717, 1.165) is 25.9 Å². The number of ether oxygens (including phenoxy) is 3. The molecule has 0 bridgehead atoms. The van der Waals surface area contributed by atoms with Gasteiger partial charge >= 0.3 is 0 Å². The van der Waals surface area contributed by atoms with Crippen molar-refractivity contribution in [2.24, 2.45) is 5.41 Å². The highest BCUT2D eigenvalue weighted by Crippen LogP contribution is 2.29. The topological polar surface area (TPSA) is 85.9 Å². The molecule has 2 N–H and O–H groups in total. The van der Waals surface area contributed by atoms with Crippen LogP contribution in [0.3, 0.4) is 0 Å². The zero-order valence-corrected chi connectivity index (χ0v) is 17.7. The summed E-state index contributed by atoms with van der Waals surface area (Å²) in [5.74, 6) is 0.623. The van der Waals surface area contributed by atoms with Crippen molar-refractivity contribution in [3.8, 4) is 5.75 Å². The Bertz CT molecular complexity index is 628. The Labute approximate surface area is 168 Å². The summed E-state index contributed by atoms with van der Waals surface area (Å²) in [4.78, 5) is 0.233. The summed E-state index contributed by atoms with van der Waals surface area (Å²) in [6.07, 6.45) is 1.77. The molecule has 0 amide bonds. The second-order valence-electron chi connectivity index (χ2n) is 6.52. The quantitative estimate of drug-likeness (QED) is 0.529. The predicted octanol–water partition coefficient (Wildman–Crippen LogP) is 1.82. The highest BCUT2D eigenvalue weighted by atomic mass is 35.5. The van der Waals surface area contributed by atoms with Crippen LogP contribution in [0, 0.1) is 5.41 Å². The summed E-state index contributed by atoms with van der Waals surface area (Å²) < 4.78 is 44.0. The van der Waals surface area contributed by atoms with Crippen LogP contribution in [0.5, 0.6) is 5.75 Å². The Morgan fingerprint density at radius 3 is 2.41 bits per heavy atom. The fraction of sp³-hybridized carbons (Fsp3) is 0.667. The van der Waals surface area contributed by atoms with Crippen LogP contribution in [0.2, 0.25) is 0 Å². The van der Waals surface area contributed by atoms with Gasteiger partial charge in [-0.3, -0.25) is 0 Å². The molecule has 1 saturated heterocycles. The van der Waals surface area contributed by atoms with Gasteiger partial charge in [-0.05, 0) is 57.1 Å². The number of rotatable bonds is 11. The van der Waals surface area contributed by atoms with Gasteiger partial charge in [-0.2, -0.15) is 0 Å². The van der Waals surface area contributed by atoms with Crippen LogP contribution >= 0.6 is 12.4 Å². The SMILES string of the molecule is CCOCCOc1ccc(S(=O)(=O)NCC2(COC)CCNCC2)cc1.Cl. The van der Waals surface area contributed by atoms with E-state index in [4.69, 9.17) is 14.2 Å². The summed E-state index contributed by atoms with van der Waals surface area (Å²) in [6, 6.07) is 6.44. The Balaban J connectivity index is 0.00000364. The lowest BCUT2D eigenvalue weighted by Gasteiger charge is -2.37. The maximum Gasteiger partial charge on any atom is 0.240 e. The molecule has 0 radical (unpaired) electrons. The number of methoxy groups -OCH3 is 1. The molecule has 27 heavy (non-hydrogen) atoms. The highest BCUT2D eigenvalue weighted by Gasteiger charge is 2.33. The Kier molecular flexibility index (Phi) is 10.6. The van der Waals surface area contributed by atoms with E-state index in [2.05, 4.69) is 10.0 Å². The number of piperidine rings is 1. The number of hydrogen-bond donors (Lipinski definition) is 2. The lowest BCUT2D eigenvalue weighted by atomic mass is 9.80. The summed E-state index contributed by atoms with van der Waals surface area (Å²) in [7, 11) is -1.91. The largest absolute Gasteiger partial charge is 0.491 e. The molecule has 0 aromatic heterocycles. The van der Waals surface area contributed by atoms with Crippen LogP contribution in [-0.4, -0.2) is 61.6 Å². The maximum absolute atomic E-state index is 12.6. The second-order valence-corrected chi connectivity index (χ2v) is 8.29. The van der Waals surface area contributed by atoms with Crippen molar-refractivity contribution in [3.05, 3.63) is 24.3 Å². The number of benzene rings is 1. The molecule has 1 heterocycles. The number of hydrogen-bond acceptors (Lipinski definition) is 6. The van der Waals surface area contributed by atoms with E-state index in [1.165, 1.54) is 0 Å². The first kappa shape index (κ1) is 24.1. The molecule has 1 aliphatic heterocycles. The van der Waals surface area contributed by atoms with E-state index in [9.17, 15) is 8.42 Å². The van der Waals surface area contributed by atoms with Gasteiger partial charge in [0.2, 0.25) is 10.0 Å². The van der Waals surface area contributed by atoms with E-state index in [1.807, 2.05) is 6.92 Å². The Morgan fingerprint density at radius 1 is 1.15 bits per heavy atom. The lowest BCUT2D eigenvalue weighted by Crippen LogP contribution is -2.47. The van der Waals surface area contributed by atoms with E-state index < -0.39 is 10.0 Å². The first-order chi connectivity index (χ1) is 12.5. The van der Waals surface area contributed by atoms with Crippen LogP contribution in [0.15, 0.2) is 29.2 Å². The third-order valence-corrected chi connectivity index (χ3v) is 6.00. The number of halogens is 1. The molecule has 1 aromatic rings. The van der Waals surface area contributed by atoms with Crippen LogP contribution < -0.4 is 14.8 Å². The van der Waals surface area contributed by atoms with Gasteiger partial charge in [0, 0.05) is 25.7 Å².